The summed E-state index contributed by atoms with van der Waals surface area (Å²) in [5, 5.41) is 4.91. The third-order valence-electron chi connectivity index (χ3n) is 6.78. The maximum Gasteiger partial charge on any atom is 0.123 e. The zero-order chi connectivity index (χ0) is 26.5. The predicted octanol–water partition coefficient (Wildman–Crippen LogP) is 7.21. The van der Waals surface area contributed by atoms with Crippen LogP contribution >= 0.6 is 0 Å². The molecule has 5 rings (SSSR count). The van der Waals surface area contributed by atoms with E-state index in [0.717, 1.165) is 30.2 Å². The van der Waals surface area contributed by atoms with Crippen LogP contribution in [0.25, 0.3) is 43.8 Å². The Morgan fingerprint density at radius 3 is 1.29 bits per heavy atom. The summed E-state index contributed by atoms with van der Waals surface area (Å²) in [5.74, 6) is 1.65. The minimum atomic E-state index is 0.613. The molecule has 4 heteroatoms. The van der Waals surface area contributed by atoms with Crippen molar-refractivity contribution in [1.29, 1.82) is 0 Å². The van der Waals surface area contributed by atoms with Gasteiger partial charge in [-0.2, -0.15) is 0 Å². The third-order valence-corrected chi connectivity index (χ3v) is 6.78. The lowest BCUT2D eigenvalue weighted by atomic mass is 9.86. The summed E-state index contributed by atoms with van der Waals surface area (Å²) in [6.07, 6.45) is 0. The van der Waals surface area contributed by atoms with E-state index >= 15 is 0 Å². The highest BCUT2D eigenvalue weighted by Gasteiger charge is 2.17. The second-order valence-corrected chi connectivity index (χ2v) is 10.2. The Hall–Kier alpha value is -3.86. The van der Waals surface area contributed by atoms with Crippen LogP contribution in [0.4, 0.5) is 0 Å². The van der Waals surface area contributed by atoms with Gasteiger partial charge in [-0.25, -0.2) is 0 Å². The average molecular weight is 505 g/mol. The van der Waals surface area contributed by atoms with Gasteiger partial charge >= 0.3 is 0 Å². The van der Waals surface area contributed by atoms with Crippen molar-refractivity contribution in [3.8, 4) is 33.8 Å². The standard InChI is InChI=1S/C34H36N2O2/c1-35(2)18-20-37-27-22-26(23-28(24-27)38-21-19-36(3)4)34-31-16-10-8-14-29(31)33(25-12-6-5-7-13-25)30-15-9-11-17-32(30)34/h5-17,22-24H,18-21H2,1-4H3. The second-order valence-electron chi connectivity index (χ2n) is 10.2. The molecule has 5 aromatic rings. The van der Waals surface area contributed by atoms with Crippen LogP contribution in [0, 0.1) is 0 Å². The van der Waals surface area contributed by atoms with Crippen LogP contribution in [0.2, 0.25) is 0 Å². The van der Waals surface area contributed by atoms with Gasteiger partial charge in [0.05, 0.1) is 0 Å². The number of hydrogen-bond donors (Lipinski definition) is 0. The lowest BCUT2D eigenvalue weighted by molar-refractivity contribution is 0.251. The van der Waals surface area contributed by atoms with Gasteiger partial charge in [0.25, 0.3) is 0 Å². The summed E-state index contributed by atoms with van der Waals surface area (Å²) in [6, 6.07) is 34.5. The molecule has 4 nitrogen and oxygen atoms in total. The van der Waals surface area contributed by atoms with Crippen molar-refractivity contribution >= 4 is 21.5 Å². The van der Waals surface area contributed by atoms with Crippen LogP contribution in [0.1, 0.15) is 0 Å². The van der Waals surface area contributed by atoms with Gasteiger partial charge in [-0.3, -0.25) is 0 Å². The number of rotatable bonds is 10. The zero-order valence-corrected chi connectivity index (χ0v) is 22.8. The molecule has 0 saturated heterocycles. The third kappa shape index (κ3) is 5.67. The Labute approximate surface area is 226 Å². The van der Waals surface area contributed by atoms with E-state index in [9.17, 15) is 0 Å². The molecular weight excluding hydrogens is 468 g/mol. The van der Waals surface area contributed by atoms with Gasteiger partial charge in [-0.15, -0.1) is 0 Å². The second kappa shape index (κ2) is 11.7. The molecule has 0 aliphatic carbocycles. The van der Waals surface area contributed by atoms with Crippen molar-refractivity contribution in [2.45, 2.75) is 0 Å². The molecule has 0 spiro atoms. The van der Waals surface area contributed by atoms with Gasteiger partial charge in [-0.1, -0.05) is 78.9 Å². The minimum absolute atomic E-state index is 0.613. The van der Waals surface area contributed by atoms with Crippen molar-refractivity contribution in [3.05, 3.63) is 97.1 Å². The van der Waals surface area contributed by atoms with Gasteiger partial charge in [-0.05, 0) is 84.1 Å². The van der Waals surface area contributed by atoms with E-state index in [1.807, 2.05) is 6.07 Å². The van der Waals surface area contributed by atoms with Crippen molar-refractivity contribution in [2.75, 3.05) is 54.5 Å². The Balaban J connectivity index is 1.72. The summed E-state index contributed by atoms with van der Waals surface area (Å²) >= 11 is 0. The molecule has 0 radical (unpaired) electrons. The molecule has 0 saturated carbocycles. The van der Waals surface area contributed by atoms with Crippen molar-refractivity contribution in [1.82, 2.24) is 9.80 Å². The highest BCUT2D eigenvalue weighted by atomic mass is 16.5. The Morgan fingerprint density at radius 1 is 0.474 bits per heavy atom. The number of fused-ring (bicyclic) bond motifs is 2. The maximum absolute atomic E-state index is 6.23. The number of hydrogen-bond acceptors (Lipinski definition) is 4. The molecule has 0 heterocycles. The van der Waals surface area contributed by atoms with Gasteiger partial charge in [0.15, 0.2) is 0 Å². The summed E-state index contributed by atoms with van der Waals surface area (Å²) < 4.78 is 12.5. The lowest BCUT2D eigenvalue weighted by Crippen LogP contribution is -2.20. The van der Waals surface area contributed by atoms with Crippen LogP contribution in [0.3, 0.4) is 0 Å². The molecule has 0 bridgehead atoms. The Bertz CT molecular complexity index is 1440. The molecule has 0 fully saturated rings. The summed E-state index contributed by atoms with van der Waals surface area (Å²) in [6.45, 7) is 2.92. The summed E-state index contributed by atoms with van der Waals surface area (Å²) in [7, 11) is 8.23. The SMILES string of the molecule is CN(C)CCOc1cc(OCCN(C)C)cc(-c2c3ccccc3c(-c3ccccc3)c3ccccc23)c1. The van der Waals surface area contributed by atoms with Gasteiger partial charge in [0.1, 0.15) is 24.7 Å². The van der Waals surface area contributed by atoms with Crippen LogP contribution in [0.15, 0.2) is 97.1 Å². The topological polar surface area (TPSA) is 24.9 Å². The molecule has 0 aliphatic heterocycles. The first kappa shape index (κ1) is 25.8. The molecule has 5 aromatic carbocycles. The molecule has 0 aliphatic rings. The maximum atomic E-state index is 6.23. The molecule has 0 unspecified atom stereocenters. The molecule has 194 valence electrons. The average Bonchev–Trinajstić information content (AvgIpc) is 2.91. The quantitative estimate of drug-likeness (QED) is 0.188. The summed E-state index contributed by atoms with van der Waals surface area (Å²) in [5.41, 5.74) is 4.78. The first-order valence-corrected chi connectivity index (χ1v) is 13.2. The molecule has 0 N–H and O–H groups in total. The number of ether oxygens (including phenoxy) is 2. The Kier molecular flexibility index (Phi) is 7.92. The fourth-order valence-corrected chi connectivity index (χ4v) is 4.93. The highest BCUT2D eigenvalue weighted by Crippen LogP contribution is 2.44. The van der Waals surface area contributed by atoms with E-state index in [2.05, 4.69) is 129 Å². The lowest BCUT2D eigenvalue weighted by Gasteiger charge is -2.19. The fourth-order valence-electron chi connectivity index (χ4n) is 4.93. The van der Waals surface area contributed by atoms with E-state index in [4.69, 9.17) is 9.47 Å². The van der Waals surface area contributed by atoms with Crippen molar-refractivity contribution in [3.63, 3.8) is 0 Å². The normalized spacial score (nSPS) is 11.5. The van der Waals surface area contributed by atoms with E-state index < -0.39 is 0 Å². The van der Waals surface area contributed by atoms with Gasteiger partial charge in [0.2, 0.25) is 0 Å². The number of likely N-dealkylation sites (N-methyl/N-ethyl adjacent to an activating group) is 2. The van der Waals surface area contributed by atoms with Crippen molar-refractivity contribution < 1.29 is 9.47 Å². The van der Waals surface area contributed by atoms with Gasteiger partial charge < -0.3 is 19.3 Å². The molecule has 0 amide bonds. The first-order valence-electron chi connectivity index (χ1n) is 13.2. The van der Waals surface area contributed by atoms with Crippen LogP contribution < -0.4 is 9.47 Å². The van der Waals surface area contributed by atoms with E-state index in [0.29, 0.717) is 13.2 Å². The van der Waals surface area contributed by atoms with Crippen LogP contribution in [0.5, 0.6) is 11.5 Å². The molecule has 0 atom stereocenters. The smallest absolute Gasteiger partial charge is 0.123 e. The first-order chi connectivity index (χ1) is 18.5. The molecular formula is C34H36N2O2. The van der Waals surface area contributed by atoms with Crippen LogP contribution in [-0.2, 0) is 0 Å². The largest absolute Gasteiger partial charge is 0.492 e. The van der Waals surface area contributed by atoms with E-state index in [1.54, 1.807) is 0 Å². The van der Waals surface area contributed by atoms with Gasteiger partial charge in [0, 0.05) is 19.2 Å². The fraction of sp³-hybridized carbons (Fsp3) is 0.235. The minimum Gasteiger partial charge on any atom is -0.492 e. The monoisotopic (exact) mass is 504 g/mol. The number of benzene rings is 5. The van der Waals surface area contributed by atoms with Crippen LogP contribution in [-0.4, -0.2) is 64.3 Å². The predicted molar refractivity (Wildman–Crippen MR) is 160 cm³/mol. The Morgan fingerprint density at radius 2 is 0.868 bits per heavy atom. The highest BCUT2D eigenvalue weighted by molar-refractivity contribution is 6.21. The zero-order valence-electron chi connectivity index (χ0n) is 22.8. The summed E-state index contributed by atoms with van der Waals surface area (Å²) in [4.78, 5) is 4.25. The van der Waals surface area contributed by atoms with Crippen molar-refractivity contribution in [2.24, 2.45) is 0 Å². The van der Waals surface area contributed by atoms with E-state index in [1.165, 1.54) is 38.2 Å². The molecule has 0 aromatic heterocycles. The number of nitrogens with zero attached hydrogens (tertiary/aromatic N) is 2. The molecule has 38 heavy (non-hydrogen) atoms. The van der Waals surface area contributed by atoms with E-state index in [-0.39, 0.29) is 0 Å².